The second kappa shape index (κ2) is 4.94. The normalized spacial score (nSPS) is 9.93. The third kappa shape index (κ3) is 3.06. The van der Waals surface area contributed by atoms with Crippen LogP contribution in [0, 0.1) is 0 Å². The molecule has 1 heterocycles. The van der Waals surface area contributed by atoms with E-state index >= 15 is 0 Å². The van der Waals surface area contributed by atoms with Crippen molar-refractivity contribution in [1.29, 1.82) is 0 Å². The molecule has 1 aromatic heterocycles. The SMILES string of the molecule is Brc1ccc(COc2ccccc2)nc1. The molecule has 0 spiro atoms. The minimum Gasteiger partial charge on any atom is -0.487 e. The van der Waals surface area contributed by atoms with Crippen molar-refractivity contribution in [2.45, 2.75) is 6.61 Å². The molecule has 2 nitrogen and oxygen atoms in total. The van der Waals surface area contributed by atoms with Gasteiger partial charge >= 0.3 is 0 Å². The Hall–Kier alpha value is -1.35. The highest BCUT2D eigenvalue weighted by atomic mass is 79.9. The van der Waals surface area contributed by atoms with E-state index in [0.29, 0.717) is 6.61 Å². The molecule has 1 aromatic carbocycles. The molecule has 0 aliphatic heterocycles. The molecule has 2 rings (SSSR count). The zero-order chi connectivity index (χ0) is 10.5. The zero-order valence-electron chi connectivity index (χ0n) is 8.06. The van der Waals surface area contributed by atoms with Crippen molar-refractivity contribution in [3.63, 3.8) is 0 Å². The summed E-state index contributed by atoms with van der Waals surface area (Å²) in [6.07, 6.45) is 1.77. The van der Waals surface area contributed by atoms with Gasteiger partial charge < -0.3 is 4.74 Å². The van der Waals surface area contributed by atoms with Crippen LogP contribution < -0.4 is 4.74 Å². The predicted octanol–water partition coefficient (Wildman–Crippen LogP) is 3.42. The Bertz CT molecular complexity index is 413. The first-order valence-electron chi connectivity index (χ1n) is 4.63. The van der Waals surface area contributed by atoms with Gasteiger partial charge in [0.05, 0.1) is 5.69 Å². The first-order valence-corrected chi connectivity index (χ1v) is 5.42. The Labute approximate surface area is 97.1 Å². The fourth-order valence-corrected chi connectivity index (χ4v) is 1.40. The molecular weight excluding hydrogens is 254 g/mol. The molecule has 2 aromatic rings. The predicted molar refractivity (Wildman–Crippen MR) is 62.7 cm³/mol. The van der Waals surface area contributed by atoms with E-state index in [-0.39, 0.29) is 0 Å². The fourth-order valence-electron chi connectivity index (χ4n) is 1.17. The van der Waals surface area contributed by atoms with Crippen LogP contribution in [-0.4, -0.2) is 4.98 Å². The molecule has 0 amide bonds. The van der Waals surface area contributed by atoms with Crippen LogP contribution in [0.25, 0.3) is 0 Å². The number of para-hydroxylation sites is 1. The number of benzene rings is 1. The molecule has 3 heteroatoms. The van der Waals surface area contributed by atoms with E-state index in [1.165, 1.54) is 0 Å². The third-order valence-electron chi connectivity index (χ3n) is 1.92. The van der Waals surface area contributed by atoms with Gasteiger partial charge in [0.25, 0.3) is 0 Å². The second-order valence-electron chi connectivity index (χ2n) is 3.07. The number of halogens is 1. The fraction of sp³-hybridized carbons (Fsp3) is 0.0833. The summed E-state index contributed by atoms with van der Waals surface area (Å²) in [4.78, 5) is 4.22. The number of rotatable bonds is 3. The lowest BCUT2D eigenvalue weighted by Gasteiger charge is -2.04. The van der Waals surface area contributed by atoms with Gasteiger partial charge in [-0.3, -0.25) is 4.98 Å². The summed E-state index contributed by atoms with van der Waals surface area (Å²) in [6, 6.07) is 13.6. The molecular formula is C12H10BrNO. The number of aromatic nitrogens is 1. The van der Waals surface area contributed by atoms with Crippen molar-refractivity contribution in [3.05, 3.63) is 58.8 Å². The van der Waals surface area contributed by atoms with Gasteiger partial charge in [0, 0.05) is 10.7 Å². The zero-order valence-corrected chi connectivity index (χ0v) is 9.65. The number of hydrogen-bond acceptors (Lipinski definition) is 2. The van der Waals surface area contributed by atoms with Gasteiger partial charge in [-0.1, -0.05) is 18.2 Å². The first-order chi connectivity index (χ1) is 7.34. The summed E-state index contributed by atoms with van der Waals surface area (Å²) in [7, 11) is 0. The van der Waals surface area contributed by atoms with Gasteiger partial charge in [-0.2, -0.15) is 0 Å². The smallest absolute Gasteiger partial charge is 0.130 e. The molecule has 0 aliphatic carbocycles. The van der Waals surface area contributed by atoms with E-state index in [4.69, 9.17) is 4.74 Å². The Kier molecular flexibility index (Phi) is 3.35. The van der Waals surface area contributed by atoms with E-state index in [9.17, 15) is 0 Å². The van der Waals surface area contributed by atoms with E-state index in [1.54, 1.807) is 6.20 Å². The van der Waals surface area contributed by atoms with Crippen molar-refractivity contribution < 1.29 is 4.74 Å². The topological polar surface area (TPSA) is 22.1 Å². The van der Waals surface area contributed by atoms with Crippen LogP contribution in [0.2, 0.25) is 0 Å². The van der Waals surface area contributed by atoms with Crippen LogP contribution in [0.1, 0.15) is 5.69 Å². The summed E-state index contributed by atoms with van der Waals surface area (Å²) in [5.74, 6) is 0.863. The van der Waals surface area contributed by atoms with E-state index < -0.39 is 0 Å². The van der Waals surface area contributed by atoms with Crippen LogP contribution in [0.5, 0.6) is 5.75 Å². The highest BCUT2D eigenvalue weighted by molar-refractivity contribution is 9.10. The molecule has 0 saturated carbocycles. The van der Waals surface area contributed by atoms with E-state index in [1.807, 2.05) is 42.5 Å². The van der Waals surface area contributed by atoms with Crippen LogP contribution in [0.3, 0.4) is 0 Å². The van der Waals surface area contributed by atoms with Crippen LogP contribution in [0.4, 0.5) is 0 Å². The van der Waals surface area contributed by atoms with Crippen molar-refractivity contribution in [2.24, 2.45) is 0 Å². The lowest BCUT2D eigenvalue weighted by molar-refractivity contribution is 0.301. The van der Waals surface area contributed by atoms with Crippen LogP contribution in [-0.2, 0) is 6.61 Å². The first kappa shape index (κ1) is 10.2. The molecule has 76 valence electrons. The number of pyridine rings is 1. The second-order valence-corrected chi connectivity index (χ2v) is 3.99. The maximum Gasteiger partial charge on any atom is 0.130 e. The maximum absolute atomic E-state index is 5.55. The monoisotopic (exact) mass is 263 g/mol. The Morgan fingerprint density at radius 3 is 2.53 bits per heavy atom. The van der Waals surface area contributed by atoms with Gasteiger partial charge in [0.2, 0.25) is 0 Å². The van der Waals surface area contributed by atoms with Crippen LogP contribution >= 0.6 is 15.9 Å². The van der Waals surface area contributed by atoms with Crippen molar-refractivity contribution in [3.8, 4) is 5.75 Å². The van der Waals surface area contributed by atoms with Crippen molar-refractivity contribution >= 4 is 15.9 Å². The largest absolute Gasteiger partial charge is 0.487 e. The summed E-state index contributed by atoms with van der Waals surface area (Å²) >= 11 is 3.34. The highest BCUT2D eigenvalue weighted by Gasteiger charge is 1.96. The minimum atomic E-state index is 0.497. The quantitative estimate of drug-likeness (QED) is 0.847. The van der Waals surface area contributed by atoms with Gasteiger partial charge in [-0.25, -0.2) is 0 Å². The van der Waals surface area contributed by atoms with Gasteiger partial charge in [-0.15, -0.1) is 0 Å². The molecule has 0 radical (unpaired) electrons. The van der Waals surface area contributed by atoms with Gasteiger partial charge in [-0.05, 0) is 40.2 Å². The molecule has 0 aliphatic rings. The third-order valence-corrected chi connectivity index (χ3v) is 2.39. The number of ether oxygens (including phenoxy) is 1. The average Bonchev–Trinajstić information content (AvgIpc) is 2.30. The van der Waals surface area contributed by atoms with Crippen molar-refractivity contribution in [1.82, 2.24) is 4.98 Å². The van der Waals surface area contributed by atoms with Gasteiger partial charge in [0.1, 0.15) is 12.4 Å². The molecule has 0 atom stereocenters. The van der Waals surface area contributed by atoms with Crippen LogP contribution in [0.15, 0.2) is 53.1 Å². The average molecular weight is 264 g/mol. The molecule has 0 unspecified atom stereocenters. The highest BCUT2D eigenvalue weighted by Crippen LogP contribution is 2.12. The number of nitrogens with zero attached hydrogens (tertiary/aromatic N) is 1. The maximum atomic E-state index is 5.55. The molecule has 0 fully saturated rings. The summed E-state index contributed by atoms with van der Waals surface area (Å²) < 4.78 is 6.53. The minimum absolute atomic E-state index is 0.497. The summed E-state index contributed by atoms with van der Waals surface area (Å²) in [5, 5.41) is 0. The van der Waals surface area contributed by atoms with Crippen molar-refractivity contribution in [2.75, 3.05) is 0 Å². The van der Waals surface area contributed by atoms with E-state index in [2.05, 4.69) is 20.9 Å². The van der Waals surface area contributed by atoms with E-state index in [0.717, 1.165) is 15.9 Å². The Morgan fingerprint density at radius 1 is 1.07 bits per heavy atom. The number of hydrogen-bond donors (Lipinski definition) is 0. The lowest BCUT2D eigenvalue weighted by atomic mass is 10.3. The molecule has 0 N–H and O–H groups in total. The summed E-state index contributed by atoms with van der Waals surface area (Å²) in [5.41, 5.74) is 0.919. The molecule has 0 saturated heterocycles. The van der Waals surface area contributed by atoms with Gasteiger partial charge in [0.15, 0.2) is 0 Å². The molecule has 15 heavy (non-hydrogen) atoms. The Morgan fingerprint density at radius 2 is 1.87 bits per heavy atom. The Balaban J connectivity index is 1.96. The standard InChI is InChI=1S/C12H10BrNO/c13-10-6-7-11(14-8-10)9-15-12-4-2-1-3-5-12/h1-8H,9H2. The molecule has 0 bridgehead atoms. The lowest BCUT2D eigenvalue weighted by Crippen LogP contribution is -1.97. The summed E-state index contributed by atoms with van der Waals surface area (Å²) in [6.45, 7) is 0.497.